The summed E-state index contributed by atoms with van der Waals surface area (Å²) in [7, 11) is 1.58. The van der Waals surface area contributed by atoms with Crippen molar-refractivity contribution in [3.63, 3.8) is 0 Å². The van der Waals surface area contributed by atoms with E-state index in [-0.39, 0.29) is 0 Å². The molecule has 0 spiro atoms. The fourth-order valence-electron chi connectivity index (χ4n) is 0.912. The molecule has 0 bridgehead atoms. The highest BCUT2D eigenvalue weighted by atomic mass is 79.9. The summed E-state index contributed by atoms with van der Waals surface area (Å²) < 4.78 is 5.75. The van der Waals surface area contributed by atoms with E-state index >= 15 is 0 Å². The Morgan fingerprint density at radius 2 is 2.27 bits per heavy atom. The van der Waals surface area contributed by atoms with Gasteiger partial charge in [0, 0.05) is 0 Å². The fourth-order valence-corrected chi connectivity index (χ4v) is 1.42. The number of halogens is 1. The molecule has 0 atom stereocenters. The van der Waals surface area contributed by atoms with Crippen LogP contribution >= 0.6 is 15.9 Å². The van der Waals surface area contributed by atoms with Crippen molar-refractivity contribution in [1.82, 2.24) is 4.98 Å². The van der Waals surface area contributed by atoms with Crippen molar-refractivity contribution in [2.45, 2.75) is 6.92 Å². The van der Waals surface area contributed by atoms with Gasteiger partial charge in [-0.3, -0.25) is 0 Å². The first-order valence-corrected chi connectivity index (χ1v) is 3.91. The Bertz CT molecular complexity index is 252. The van der Waals surface area contributed by atoms with Gasteiger partial charge in [0.25, 0.3) is 0 Å². The minimum Gasteiger partial charge on any atom is -0.493 e. The van der Waals surface area contributed by atoms with E-state index in [0.717, 1.165) is 10.3 Å². The molecule has 1 aromatic rings. The third-order valence-corrected chi connectivity index (χ3v) is 1.75. The van der Waals surface area contributed by atoms with Gasteiger partial charge in [-0.25, -0.2) is 4.98 Å². The second-order valence-electron chi connectivity index (χ2n) is 2.15. The molecule has 0 aromatic carbocycles. The summed E-state index contributed by atoms with van der Waals surface area (Å²) in [6, 6.07) is 1.71. The number of ether oxygens (including phenoxy) is 1. The van der Waals surface area contributed by atoms with Gasteiger partial charge in [-0.1, -0.05) is 0 Å². The minimum absolute atomic E-state index is 0.604. The highest BCUT2D eigenvalue weighted by Gasteiger charge is 2.04. The Morgan fingerprint density at radius 3 is 2.73 bits per heavy atom. The van der Waals surface area contributed by atoms with E-state index in [0.29, 0.717) is 11.4 Å². The Hall–Kier alpha value is -0.770. The van der Waals surface area contributed by atoms with Crippen LogP contribution in [0.4, 0.5) is 5.69 Å². The Labute approximate surface area is 73.7 Å². The van der Waals surface area contributed by atoms with Crippen molar-refractivity contribution < 1.29 is 4.74 Å². The summed E-state index contributed by atoms with van der Waals surface area (Å²) in [6.45, 7) is 1.85. The molecule has 11 heavy (non-hydrogen) atoms. The molecule has 2 N–H and O–H groups in total. The van der Waals surface area contributed by atoms with E-state index in [4.69, 9.17) is 10.5 Å². The third-order valence-electron chi connectivity index (χ3n) is 1.34. The highest BCUT2D eigenvalue weighted by Crippen LogP contribution is 2.26. The van der Waals surface area contributed by atoms with Crippen molar-refractivity contribution in [2.75, 3.05) is 12.8 Å². The average Bonchev–Trinajstić information content (AvgIpc) is 1.85. The molecule has 4 heteroatoms. The molecule has 0 saturated carbocycles. The number of nitrogens with two attached hydrogens (primary N) is 1. The van der Waals surface area contributed by atoms with Crippen molar-refractivity contribution in [3.05, 3.63) is 16.4 Å². The molecule has 1 rings (SSSR count). The molecule has 0 aliphatic heterocycles. The monoisotopic (exact) mass is 216 g/mol. The maximum atomic E-state index is 5.64. The van der Waals surface area contributed by atoms with Crippen LogP contribution in [0.1, 0.15) is 5.69 Å². The van der Waals surface area contributed by atoms with Crippen molar-refractivity contribution in [2.24, 2.45) is 0 Å². The molecule has 60 valence electrons. The number of nitrogen functional groups attached to an aromatic ring is 1. The van der Waals surface area contributed by atoms with E-state index in [1.54, 1.807) is 13.2 Å². The number of nitrogens with zero attached hydrogens (tertiary/aromatic N) is 1. The minimum atomic E-state index is 0.604. The Kier molecular flexibility index (Phi) is 2.34. The zero-order valence-corrected chi connectivity index (χ0v) is 7.97. The van der Waals surface area contributed by atoms with Gasteiger partial charge in [0.1, 0.15) is 4.60 Å². The average molecular weight is 217 g/mol. The molecule has 0 radical (unpaired) electrons. The van der Waals surface area contributed by atoms with E-state index in [9.17, 15) is 0 Å². The van der Waals surface area contributed by atoms with Gasteiger partial charge in [0.15, 0.2) is 5.75 Å². The van der Waals surface area contributed by atoms with Crippen molar-refractivity contribution in [3.8, 4) is 5.75 Å². The van der Waals surface area contributed by atoms with Crippen molar-refractivity contribution in [1.29, 1.82) is 0 Å². The summed E-state index contributed by atoms with van der Waals surface area (Å²) in [6.07, 6.45) is 0. The number of hydrogen-bond acceptors (Lipinski definition) is 3. The molecule has 0 aliphatic carbocycles. The van der Waals surface area contributed by atoms with Gasteiger partial charge in [-0.05, 0) is 28.9 Å². The number of aromatic nitrogens is 1. The quantitative estimate of drug-likeness (QED) is 0.729. The molecule has 0 saturated heterocycles. The predicted octanol–water partition coefficient (Wildman–Crippen LogP) is 1.74. The molecular formula is C7H9BrN2O. The predicted molar refractivity (Wildman–Crippen MR) is 47.6 cm³/mol. The van der Waals surface area contributed by atoms with Crippen LogP contribution in [0.25, 0.3) is 0 Å². The van der Waals surface area contributed by atoms with Gasteiger partial charge >= 0.3 is 0 Å². The van der Waals surface area contributed by atoms with Crippen LogP contribution in [0, 0.1) is 6.92 Å². The second-order valence-corrected chi connectivity index (χ2v) is 2.97. The van der Waals surface area contributed by atoms with Crippen LogP contribution in [-0.2, 0) is 0 Å². The fraction of sp³-hybridized carbons (Fsp3) is 0.286. The van der Waals surface area contributed by atoms with Crippen LogP contribution in [0.15, 0.2) is 10.7 Å². The topological polar surface area (TPSA) is 48.1 Å². The third kappa shape index (κ3) is 1.63. The molecule has 3 nitrogen and oxygen atoms in total. The maximum absolute atomic E-state index is 5.64. The van der Waals surface area contributed by atoms with Gasteiger partial charge in [0.05, 0.1) is 18.5 Å². The lowest BCUT2D eigenvalue weighted by Crippen LogP contribution is -1.97. The van der Waals surface area contributed by atoms with Gasteiger partial charge < -0.3 is 10.5 Å². The smallest absolute Gasteiger partial charge is 0.162 e. The van der Waals surface area contributed by atoms with Gasteiger partial charge in [0.2, 0.25) is 0 Å². The van der Waals surface area contributed by atoms with Crippen molar-refractivity contribution >= 4 is 21.6 Å². The summed E-state index contributed by atoms with van der Waals surface area (Å²) in [5.74, 6) is 0.646. The van der Waals surface area contributed by atoms with Crippen LogP contribution in [-0.4, -0.2) is 12.1 Å². The number of aryl methyl sites for hydroxylation is 1. The molecule has 0 aliphatic rings. The number of anilines is 1. The largest absolute Gasteiger partial charge is 0.493 e. The molecule has 0 amide bonds. The lowest BCUT2D eigenvalue weighted by Gasteiger charge is -2.06. The summed E-state index contributed by atoms with van der Waals surface area (Å²) >= 11 is 3.23. The zero-order chi connectivity index (χ0) is 8.43. The lowest BCUT2D eigenvalue weighted by atomic mass is 10.3. The van der Waals surface area contributed by atoms with E-state index < -0.39 is 0 Å². The van der Waals surface area contributed by atoms with Crippen LogP contribution < -0.4 is 10.5 Å². The maximum Gasteiger partial charge on any atom is 0.162 e. The first-order chi connectivity index (χ1) is 5.15. The van der Waals surface area contributed by atoms with Crippen LogP contribution in [0.2, 0.25) is 0 Å². The summed E-state index contributed by atoms with van der Waals surface area (Å²) in [4.78, 5) is 4.12. The summed E-state index contributed by atoms with van der Waals surface area (Å²) in [5, 5.41) is 0. The molecule has 1 heterocycles. The van der Waals surface area contributed by atoms with E-state index in [1.165, 1.54) is 0 Å². The Balaban J connectivity index is 3.25. The number of hydrogen-bond donors (Lipinski definition) is 1. The normalized spacial score (nSPS) is 9.73. The van der Waals surface area contributed by atoms with Gasteiger partial charge in [-0.2, -0.15) is 0 Å². The highest BCUT2D eigenvalue weighted by molar-refractivity contribution is 9.10. The zero-order valence-electron chi connectivity index (χ0n) is 6.39. The molecule has 0 fully saturated rings. The SMILES string of the molecule is COc1c(N)cc(Br)nc1C. The first-order valence-electron chi connectivity index (χ1n) is 3.11. The molecule has 1 aromatic heterocycles. The Morgan fingerprint density at radius 1 is 1.64 bits per heavy atom. The van der Waals surface area contributed by atoms with E-state index in [1.807, 2.05) is 6.92 Å². The molecule has 0 unspecified atom stereocenters. The second kappa shape index (κ2) is 3.09. The van der Waals surface area contributed by atoms with E-state index in [2.05, 4.69) is 20.9 Å². The number of methoxy groups -OCH3 is 1. The van der Waals surface area contributed by atoms with Gasteiger partial charge in [-0.15, -0.1) is 0 Å². The first kappa shape index (κ1) is 8.33. The van der Waals surface area contributed by atoms with Crippen LogP contribution in [0.3, 0.4) is 0 Å². The molecular weight excluding hydrogens is 208 g/mol. The lowest BCUT2D eigenvalue weighted by molar-refractivity contribution is 0.411. The van der Waals surface area contributed by atoms with Crippen LogP contribution in [0.5, 0.6) is 5.75 Å². The summed E-state index contributed by atoms with van der Waals surface area (Å²) in [5.41, 5.74) is 7.03. The number of pyridine rings is 1. The number of rotatable bonds is 1. The standard InChI is InChI=1S/C7H9BrN2O/c1-4-7(11-2)5(9)3-6(8)10-4/h3H,1-2H3,(H2,9,10).